The van der Waals surface area contributed by atoms with Crippen LogP contribution in [0.5, 0.6) is 0 Å². The van der Waals surface area contributed by atoms with Gasteiger partial charge in [-0.2, -0.15) is 0 Å². The van der Waals surface area contributed by atoms with Crippen molar-refractivity contribution in [2.75, 3.05) is 19.7 Å². The fourth-order valence-electron chi connectivity index (χ4n) is 6.82. The Bertz CT molecular complexity index is 754. The number of aliphatic hydroxyl groups is 1. The summed E-state index contributed by atoms with van der Waals surface area (Å²) >= 11 is 0. The number of carbonyl (C=O) groups excluding carboxylic acids is 3. The zero-order valence-corrected chi connectivity index (χ0v) is 20.2. The fraction of sp³-hybridized carbons (Fsp3) is 0.880. The van der Waals surface area contributed by atoms with E-state index < -0.39 is 29.1 Å². The zero-order valence-electron chi connectivity index (χ0n) is 20.2. The van der Waals surface area contributed by atoms with Gasteiger partial charge in [0.05, 0.1) is 17.4 Å². The number of amides is 3. The van der Waals surface area contributed by atoms with Gasteiger partial charge in [-0.1, -0.05) is 26.2 Å². The molecule has 5 atom stereocenters. The monoisotopic (exact) mass is 463 g/mol. The Morgan fingerprint density at radius 2 is 1.88 bits per heavy atom. The van der Waals surface area contributed by atoms with Crippen molar-refractivity contribution in [2.45, 2.75) is 108 Å². The number of fused-ring (bicyclic) bond motifs is 1. The van der Waals surface area contributed by atoms with E-state index in [9.17, 15) is 14.4 Å². The molecular weight excluding hydrogens is 422 g/mol. The van der Waals surface area contributed by atoms with E-state index in [4.69, 9.17) is 9.84 Å². The van der Waals surface area contributed by atoms with Crippen LogP contribution >= 0.6 is 0 Å². The molecule has 2 bridgehead atoms. The molecule has 2 unspecified atom stereocenters. The average Bonchev–Trinajstić information content (AvgIpc) is 3.36. The van der Waals surface area contributed by atoms with Crippen LogP contribution in [0.25, 0.3) is 0 Å². The van der Waals surface area contributed by atoms with Crippen LogP contribution in [0.2, 0.25) is 0 Å². The van der Waals surface area contributed by atoms with Crippen molar-refractivity contribution in [2.24, 2.45) is 11.8 Å². The van der Waals surface area contributed by atoms with Gasteiger partial charge >= 0.3 is 0 Å². The third-order valence-corrected chi connectivity index (χ3v) is 8.37. The minimum absolute atomic E-state index is 0.118. The number of nitrogens with zero attached hydrogens (tertiary/aromatic N) is 1. The van der Waals surface area contributed by atoms with Crippen LogP contribution in [-0.4, -0.2) is 70.7 Å². The molecule has 4 aliphatic rings. The minimum Gasteiger partial charge on any atom is -0.396 e. The van der Waals surface area contributed by atoms with Gasteiger partial charge in [0.15, 0.2) is 0 Å². The SMILES string of the molecule is CCCNC(=O)[C@@H]1[C@H]2C(=O)N(CCCCCO)C(C(=O)NC3CCCCC3)C23CC[C@@]1(C)O3. The van der Waals surface area contributed by atoms with Crippen molar-refractivity contribution in [3.63, 3.8) is 0 Å². The molecule has 33 heavy (non-hydrogen) atoms. The molecule has 3 amide bonds. The molecule has 0 aromatic rings. The van der Waals surface area contributed by atoms with Gasteiger partial charge in [0.2, 0.25) is 17.7 Å². The number of nitrogens with one attached hydrogen (secondary N) is 2. The van der Waals surface area contributed by atoms with Gasteiger partial charge in [-0.3, -0.25) is 14.4 Å². The molecular formula is C25H41N3O5. The molecule has 1 saturated carbocycles. The summed E-state index contributed by atoms with van der Waals surface area (Å²) in [4.78, 5) is 42.4. The lowest BCUT2D eigenvalue weighted by Gasteiger charge is -2.35. The Morgan fingerprint density at radius 3 is 2.58 bits per heavy atom. The molecule has 3 N–H and O–H groups in total. The molecule has 0 aromatic carbocycles. The van der Waals surface area contributed by atoms with Gasteiger partial charge in [-0.25, -0.2) is 0 Å². The molecule has 3 aliphatic heterocycles. The maximum atomic E-state index is 13.8. The van der Waals surface area contributed by atoms with Crippen molar-refractivity contribution >= 4 is 17.7 Å². The number of carbonyl (C=O) groups is 3. The van der Waals surface area contributed by atoms with E-state index >= 15 is 0 Å². The Hall–Kier alpha value is -1.67. The Kier molecular flexibility index (Phi) is 7.34. The second-order valence-electron chi connectivity index (χ2n) is 10.7. The van der Waals surface area contributed by atoms with E-state index in [0.717, 1.165) is 38.5 Å². The van der Waals surface area contributed by atoms with E-state index in [1.165, 1.54) is 6.42 Å². The first-order valence-electron chi connectivity index (χ1n) is 13.1. The van der Waals surface area contributed by atoms with Crippen molar-refractivity contribution < 1.29 is 24.2 Å². The number of likely N-dealkylation sites (tertiary alicyclic amines) is 1. The predicted octanol–water partition coefficient (Wildman–Crippen LogP) is 1.89. The van der Waals surface area contributed by atoms with Crippen LogP contribution in [0.1, 0.15) is 84.5 Å². The number of hydrogen-bond donors (Lipinski definition) is 3. The third kappa shape index (κ3) is 4.29. The molecule has 186 valence electrons. The second kappa shape index (κ2) is 9.90. The number of rotatable bonds is 10. The number of hydrogen-bond acceptors (Lipinski definition) is 5. The Labute approximate surface area is 197 Å². The summed E-state index contributed by atoms with van der Waals surface area (Å²) in [5, 5.41) is 15.4. The molecule has 3 heterocycles. The highest BCUT2D eigenvalue weighted by Crippen LogP contribution is 2.63. The largest absolute Gasteiger partial charge is 0.396 e. The highest BCUT2D eigenvalue weighted by molar-refractivity contribution is 5.99. The smallest absolute Gasteiger partial charge is 0.246 e. The van der Waals surface area contributed by atoms with Crippen molar-refractivity contribution in [3.8, 4) is 0 Å². The van der Waals surface area contributed by atoms with Gasteiger partial charge in [0.1, 0.15) is 11.6 Å². The molecule has 1 spiro atoms. The molecule has 8 heteroatoms. The summed E-state index contributed by atoms with van der Waals surface area (Å²) in [6.45, 7) is 5.07. The van der Waals surface area contributed by atoms with Gasteiger partial charge in [-0.05, 0) is 58.3 Å². The quantitative estimate of drug-likeness (QED) is 0.429. The second-order valence-corrected chi connectivity index (χ2v) is 10.7. The molecule has 4 fully saturated rings. The molecule has 0 radical (unpaired) electrons. The number of ether oxygens (including phenoxy) is 1. The first kappa shape index (κ1) is 24.5. The summed E-state index contributed by atoms with van der Waals surface area (Å²) in [5.74, 6) is -1.57. The summed E-state index contributed by atoms with van der Waals surface area (Å²) in [6.07, 6.45) is 9.66. The van der Waals surface area contributed by atoms with Gasteiger partial charge in [0.25, 0.3) is 0 Å². The number of aliphatic hydroxyl groups excluding tert-OH is 1. The molecule has 4 rings (SSSR count). The summed E-state index contributed by atoms with van der Waals surface area (Å²) in [7, 11) is 0. The van der Waals surface area contributed by atoms with Crippen LogP contribution < -0.4 is 10.6 Å². The minimum atomic E-state index is -0.935. The normalized spacial score (nSPS) is 35.7. The maximum absolute atomic E-state index is 13.8. The lowest BCUT2D eigenvalue weighted by atomic mass is 9.66. The van der Waals surface area contributed by atoms with Crippen molar-refractivity contribution in [1.29, 1.82) is 0 Å². The van der Waals surface area contributed by atoms with Crippen molar-refractivity contribution in [3.05, 3.63) is 0 Å². The summed E-state index contributed by atoms with van der Waals surface area (Å²) in [6, 6.07) is -0.553. The summed E-state index contributed by atoms with van der Waals surface area (Å²) in [5.41, 5.74) is -1.65. The summed E-state index contributed by atoms with van der Waals surface area (Å²) < 4.78 is 6.61. The van der Waals surface area contributed by atoms with E-state index in [2.05, 4.69) is 10.6 Å². The standard InChI is InChI=1S/C25H41N3O5/c1-3-14-26-21(30)18-19-23(32)28(15-8-5-9-16-29)20(25(19)13-12-24(18,2)33-25)22(31)27-17-10-6-4-7-11-17/h17-20,29H,3-16H2,1-2H3,(H,26,30)(H,27,31)/t18-,19-,20?,24+,25?/m0/s1. The maximum Gasteiger partial charge on any atom is 0.246 e. The first-order valence-corrected chi connectivity index (χ1v) is 13.1. The highest BCUT2D eigenvalue weighted by atomic mass is 16.5. The van der Waals surface area contributed by atoms with Gasteiger partial charge in [-0.15, -0.1) is 0 Å². The molecule has 3 saturated heterocycles. The Morgan fingerprint density at radius 1 is 1.12 bits per heavy atom. The van der Waals surface area contributed by atoms with E-state index in [1.54, 1.807) is 4.90 Å². The zero-order chi connectivity index (χ0) is 23.6. The molecule has 1 aliphatic carbocycles. The molecule has 8 nitrogen and oxygen atoms in total. The van der Waals surface area contributed by atoms with Crippen LogP contribution in [0.4, 0.5) is 0 Å². The van der Waals surface area contributed by atoms with E-state index in [1.807, 2.05) is 13.8 Å². The lowest BCUT2D eigenvalue weighted by molar-refractivity contribution is -0.146. The Balaban J connectivity index is 1.61. The lowest BCUT2D eigenvalue weighted by Crippen LogP contribution is -2.57. The van der Waals surface area contributed by atoms with Crippen LogP contribution in [0, 0.1) is 11.8 Å². The van der Waals surface area contributed by atoms with Crippen LogP contribution in [0.15, 0.2) is 0 Å². The van der Waals surface area contributed by atoms with Gasteiger partial charge < -0.3 is 25.4 Å². The van der Waals surface area contributed by atoms with E-state index in [0.29, 0.717) is 38.8 Å². The average molecular weight is 464 g/mol. The van der Waals surface area contributed by atoms with E-state index in [-0.39, 0.29) is 30.4 Å². The van der Waals surface area contributed by atoms with Crippen molar-refractivity contribution in [1.82, 2.24) is 15.5 Å². The fourth-order valence-corrected chi connectivity index (χ4v) is 6.82. The third-order valence-electron chi connectivity index (χ3n) is 8.37. The topological polar surface area (TPSA) is 108 Å². The molecule has 0 aromatic heterocycles. The highest BCUT2D eigenvalue weighted by Gasteiger charge is 2.77. The van der Waals surface area contributed by atoms with Crippen LogP contribution in [0.3, 0.4) is 0 Å². The number of unbranched alkanes of at least 4 members (excludes halogenated alkanes) is 2. The first-order chi connectivity index (χ1) is 15.9. The predicted molar refractivity (Wildman–Crippen MR) is 123 cm³/mol. The van der Waals surface area contributed by atoms with Crippen LogP contribution in [-0.2, 0) is 19.1 Å². The van der Waals surface area contributed by atoms with Gasteiger partial charge in [0, 0.05) is 25.7 Å².